The molecule has 1 aromatic rings. The number of amides is 1. The topological polar surface area (TPSA) is 75.3 Å². The van der Waals surface area contributed by atoms with Crippen LogP contribution in [0.3, 0.4) is 0 Å². The van der Waals surface area contributed by atoms with Crippen LogP contribution in [-0.2, 0) is 0 Å². The number of nitrogens with one attached hydrogen (secondary N) is 1. The molecule has 0 bridgehead atoms. The molecule has 2 atom stereocenters. The normalized spacial score (nSPS) is 26.2. The molecule has 1 aromatic carbocycles. The van der Waals surface area contributed by atoms with Gasteiger partial charge in [0.15, 0.2) is 0 Å². The first-order chi connectivity index (χ1) is 9.47. The standard InChI is InChI=1S/C15H21FN2O2/c1-10-4-3-7-15(8-10,9-17)18-14(20)13-11(16)5-2-6-12(13)19/h2,5-6,10,19H,3-4,7-9,17H2,1H3,(H,18,20). The van der Waals surface area contributed by atoms with Gasteiger partial charge >= 0.3 is 0 Å². The number of rotatable bonds is 3. The van der Waals surface area contributed by atoms with E-state index >= 15 is 0 Å². The largest absolute Gasteiger partial charge is 0.507 e. The smallest absolute Gasteiger partial charge is 0.258 e. The van der Waals surface area contributed by atoms with Gasteiger partial charge in [0.2, 0.25) is 0 Å². The monoisotopic (exact) mass is 280 g/mol. The van der Waals surface area contributed by atoms with E-state index < -0.39 is 17.3 Å². The summed E-state index contributed by atoms with van der Waals surface area (Å²) in [6.45, 7) is 2.44. The Balaban J connectivity index is 2.21. The van der Waals surface area contributed by atoms with Crippen molar-refractivity contribution in [2.24, 2.45) is 11.7 Å². The Morgan fingerprint density at radius 2 is 2.35 bits per heavy atom. The van der Waals surface area contributed by atoms with Crippen LogP contribution < -0.4 is 11.1 Å². The van der Waals surface area contributed by atoms with Crippen molar-refractivity contribution in [2.45, 2.75) is 38.1 Å². The molecule has 0 saturated heterocycles. The Labute approximate surface area is 118 Å². The van der Waals surface area contributed by atoms with Crippen LogP contribution in [0.25, 0.3) is 0 Å². The zero-order valence-electron chi connectivity index (χ0n) is 11.7. The van der Waals surface area contributed by atoms with Gasteiger partial charge in [-0.25, -0.2) is 4.39 Å². The minimum Gasteiger partial charge on any atom is -0.507 e. The third-order valence-corrected chi connectivity index (χ3v) is 4.08. The molecule has 0 radical (unpaired) electrons. The van der Waals surface area contributed by atoms with E-state index in [1.807, 2.05) is 0 Å². The zero-order chi connectivity index (χ0) is 14.8. The second-order valence-corrected chi connectivity index (χ2v) is 5.77. The maximum absolute atomic E-state index is 13.7. The fraction of sp³-hybridized carbons (Fsp3) is 0.533. The quantitative estimate of drug-likeness (QED) is 0.794. The second kappa shape index (κ2) is 5.79. The van der Waals surface area contributed by atoms with Crippen LogP contribution in [-0.4, -0.2) is 23.1 Å². The van der Waals surface area contributed by atoms with Crippen LogP contribution >= 0.6 is 0 Å². The first-order valence-corrected chi connectivity index (χ1v) is 6.97. The number of hydrogen-bond donors (Lipinski definition) is 3. The van der Waals surface area contributed by atoms with E-state index in [0.29, 0.717) is 12.5 Å². The maximum atomic E-state index is 13.7. The number of carbonyl (C=O) groups excluding carboxylic acids is 1. The summed E-state index contributed by atoms with van der Waals surface area (Å²) in [4.78, 5) is 12.3. The molecule has 0 aliphatic heterocycles. The van der Waals surface area contributed by atoms with Crippen LogP contribution in [0.15, 0.2) is 18.2 Å². The molecule has 1 fully saturated rings. The molecule has 1 amide bonds. The molecule has 5 heteroatoms. The van der Waals surface area contributed by atoms with E-state index in [1.54, 1.807) is 0 Å². The van der Waals surface area contributed by atoms with E-state index in [-0.39, 0.29) is 11.3 Å². The van der Waals surface area contributed by atoms with Crippen molar-refractivity contribution < 1.29 is 14.3 Å². The van der Waals surface area contributed by atoms with Crippen LogP contribution in [0.5, 0.6) is 5.75 Å². The SMILES string of the molecule is CC1CCCC(CN)(NC(=O)c2c(O)cccc2F)C1. The molecule has 0 spiro atoms. The van der Waals surface area contributed by atoms with Gasteiger partial charge < -0.3 is 16.2 Å². The summed E-state index contributed by atoms with van der Waals surface area (Å²) in [6, 6.07) is 3.83. The number of aromatic hydroxyl groups is 1. The van der Waals surface area contributed by atoms with E-state index in [2.05, 4.69) is 12.2 Å². The van der Waals surface area contributed by atoms with Gasteiger partial charge in [-0.15, -0.1) is 0 Å². The van der Waals surface area contributed by atoms with Crippen molar-refractivity contribution in [3.05, 3.63) is 29.6 Å². The third kappa shape index (κ3) is 2.93. The van der Waals surface area contributed by atoms with Crippen LogP contribution in [0.2, 0.25) is 0 Å². The summed E-state index contributed by atoms with van der Waals surface area (Å²) in [6.07, 6.45) is 3.67. The Morgan fingerprint density at radius 3 is 2.95 bits per heavy atom. The Hall–Kier alpha value is -1.62. The molecular formula is C15H21FN2O2. The van der Waals surface area contributed by atoms with Crippen molar-refractivity contribution >= 4 is 5.91 Å². The molecular weight excluding hydrogens is 259 g/mol. The van der Waals surface area contributed by atoms with E-state index in [0.717, 1.165) is 31.7 Å². The van der Waals surface area contributed by atoms with Gasteiger partial charge in [-0.1, -0.05) is 25.8 Å². The number of phenols is 1. The average molecular weight is 280 g/mol. The molecule has 0 heterocycles. The highest BCUT2D eigenvalue weighted by atomic mass is 19.1. The van der Waals surface area contributed by atoms with Crippen molar-refractivity contribution in [1.29, 1.82) is 0 Å². The molecule has 1 saturated carbocycles. The number of benzene rings is 1. The molecule has 1 aliphatic rings. The summed E-state index contributed by atoms with van der Waals surface area (Å²) < 4.78 is 13.7. The highest BCUT2D eigenvalue weighted by Crippen LogP contribution is 2.32. The Morgan fingerprint density at radius 1 is 1.60 bits per heavy atom. The van der Waals surface area contributed by atoms with Crippen molar-refractivity contribution in [3.8, 4) is 5.75 Å². The number of carbonyl (C=O) groups is 1. The maximum Gasteiger partial charge on any atom is 0.258 e. The van der Waals surface area contributed by atoms with E-state index in [4.69, 9.17) is 5.73 Å². The molecule has 4 nitrogen and oxygen atoms in total. The van der Waals surface area contributed by atoms with E-state index in [9.17, 15) is 14.3 Å². The third-order valence-electron chi connectivity index (χ3n) is 4.08. The van der Waals surface area contributed by atoms with E-state index in [1.165, 1.54) is 12.1 Å². The molecule has 20 heavy (non-hydrogen) atoms. The Kier molecular flexibility index (Phi) is 4.28. The van der Waals surface area contributed by atoms with Crippen molar-refractivity contribution in [2.75, 3.05) is 6.54 Å². The highest BCUT2D eigenvalue weighted by molar-refractivity contribution is 5.97. The van der Waals surface area contributed by atoms with Gasteiger partial charge in [0.05, 0.1) is 5.54 Å². The lowest BCUT2D eigenvalue weighted by atomic mass is 9.76. The summed E-state index contributed by atoms with van der Waals surface area (Å²) in [7, 11) is 0. The van der Waals surface area contributed by atoms with Gasteiger partial charge in [0.1, 0.15) is 17.1 Å². The lowest BCUT2D eigenvalue weighted by molar-refractivity contribution is 0.0847. The molecule has 2 unspecified atom stereocenters. The summed E-state index contributed by atoms with van der Waals surface area (Å²) in [5.41, 5.74) is 5.03. The second-order valence-electron chi connectivity index (χ2n) is 5.77. The zero-order valence-corrected chi connectivity index (χ0v) is 11.7. The van der Waals surface area contributed by atoms with Crippen LogP contribution in [0.1, 0.15) is 43.0 Å². The lowest BCUT2D eigenvalue weighted by Crippen LogP contribution is -2.56. The van der Waals surface area contributed by atoms with Gasteiger partial charge in [-0.2, -0.15) is 0 Å². The summed E-state index contributed by atoms with van der Waals surface area (Å²) in [5, 5.41) is 12.5. The molecule has 4 N–H and O–H groups in total. The number of phenolic OH excluding ortho intramolecular Hbond substituents is 1. The van der Waals surface area contributed by atoms with Gasteiger partial charge in [0.25, 0.3) is 5.91 Å². The van der Waals surface area contributed by atoms with Crippen LogP contribution in [0.4, 0.5) is 4.39 Å². The van der Waals surface area contributed by atoms with Gasteiger partial charge in [-0.05, 0) is 30.9 Å². The lowest BCUT2D eigenvalue weighted by Gasteiger charge is -2.40. The predicted octanol–water partition coefficient (Wildman–Crippen LogP) is 2.17. The van der Waals surface area contributed by atoms with Crippen molar-refractivity contribution in [1.82, 2.24) is 5.32 Å². The molecule has 0 aromatic heterocycles. The number of nitrogens with two attached hydrogens (primary N) is 1. The Bertz CT molecular complexity index is 486. The summed E-state index contributed by atoms with van der Waals surface area (Å²) in [5.74, 6) is -1.20. The van der Waals surface area contributed by atoms with Crippen LogP contribution in [0, 0.1) is 11.7 Å². The minimum atomic E-state index is -0.724. The van der Waals surface area contributed by atoms with Crippen molar-refractivity contribution in [3.63, 3.8) is 0 Å². The first-order valence-electron chi connectivity index (χ1n) is 6.97. The first kappa shape index (κ1) is 14.8. The fourth-order valence-electron chi connectivity index (χ4n) is 3.05. The predicted molar refractivity (Wildman–Crippen MR) is 74.9 cm³/mol. The average Bonchev–Trinajstić information content (AvgIpc) is 2.38. The van der Waals surface area contributed by atoms with Gasteiger partial charge in [0, 0.05) is 6.54 Å². The molecule has 2 rings (SSSR count). The summed E-state index contributed by atoms with van der Waals surface area (Å²) >= 11 is 0. The number of hydrogen-bond acceptors (Lipinski definition) is 3. The molecule has 110 valence electrons. The van der Waals surface area contributed by atoms with Gasteiger partial charge in [-0.3, -0.25) is 4.79 Å². The fourth-order valence-corrected chi connectivity index (χ4v) is 3.05. The highest BCUT2D eigenvalue weighted by Gasteiger charge is 2.36. The molecule has 1 aliphatic carbocycles. The minimum absolute atomic E-state index is 0.307. The number of halogens is 1.